The molecule has 56 heavy (non-hydrogen) atoms. The first-order valence-corrected chi connectivity index (χ1v) is 19.6. The number of rotatable bonds is 6. The first-order valence-electron chi connectivity index (χ1n) is 18.8. The van der Waals surface area contributed by atoms with Crippen LogP contribution in [0.2, 0.25) is 0 Å². The Hall–Kier alpha value is -7.21. The number of fused-ring (bicyclic) bond motifs is 7. The van der Waals surface area contributed by atoms with Crippen LogP contribution in [0.4, 0.5) is 0 Å². The van der Waals surface area contributed by atoms with Gasteiger partial charge in [-0.1, -0.05) is 164 Å². The van der Waals surface area contributed by atoms with Gasteiger partial charge >= 0.3 is 0 Å². The lowest BCUT2D eigenvalue weighted by Crippen LogP contribution is -2.04. The van der Waals surface area contributed by atoms with E-state index >= 15 is 0 Å². The molecule has 0 radical (unpaired) electrons. The van der Waals surface area contributed by atoms with Gasteiger partial charge < -0.3 is 4.57 Å². The fraction of sp³-hybridized carbons (Fsp3) is 0. The lowest BCUT2D eigenvalue weighted by atomic mass is 9.97. The third-order valence-corrected chi connectivity index (χ3v) is 11.9. The average Bonchev–Trinajstić information content (AvgIpc) is 3.83. The number of aromatic nitrogens is 4. The standard InChI is InChI=1S/C51H32N4S/c1-4-15-33(16-5-1)36-21-14-22-37(31-36)38-27-30-45(43(32-38)51-53-49(34-17-6-2-7-18-34)52-50(54-51)35-19-8-3-9-20-35)55-44-25-12-10-23-39(44)41-28-29-42-40-24-11-13-26-46(40)56-48(42)47(41)55/h1-32H. The van der Waals surface area contributed by atoms with Gasteiger partial charge in [0.15, 0.2) is 17.5 Å². The molecule has 0 atom stereocenters. The molecule has 0 saturated carbocycles. The molecule has 3 aromatic heterocycles. The van der Waals surface area contributed by atoms with E-state index in [1.807, 2.05) is 47.7 Å². The van der Waals surface area contributed by atoms with Gasteiger partial charge in [0.05, 0.1) is 21.4 Å². The number of thiophene rings is 1. The lowest BCUT2D eigenvalue weighted by Gasteiger charge is -2.17. The van der Waals surface area contributed by atoms with Crippen molar-refractivity contribution in [1.29, 1.82) is 0 Å². The van der Waals surface area contributed by atoms with Crippen LogP contribution < -0.4 is 0 Å². The van der Waals surface area contributed by atoms with Crippen molar-refractivity contribution < 1.29 is 0 Å². The normalized spacial score (nSPS) is 11.6. The SMILES string of the molecule is c1ccc(-c2cccc(-c3ccc(-n4c5ccccc5c5ccc6c7ccccc7sc6c54)c(-c4nc(-c5ccccc5)nc(-c5ccccc5)n4)c3)c2)cc1. The van der Waals surface area contributed by atoms with Gasteiger partial charge in [-0.3, -0.25) is 0 Å². The Labute approximate surface area is 327 Å². The Morgan fingerprint density at radius 2 is 0.893 bits per heavy atom. The van der Waals surface area contributed by atoms with Gasteiger partial charge in [0.25, 0.3) is 0 Å². The summed E-state index contributed by atoms with van der Waals surface area (Å²) in [4.78, 5) is 15.6. The van der Waals surface area contributed by atoms with E-state index < -0.39 is 0 Å². The van der Waals surface area contributed by atoms with E-state index in [2.05, 4.69) is 162 Å². The van der Waals surface area contributed by atoms with Crippen molar-refractivity contribution in [2.45, 2.75) is 0 Å². The van der Waals surface area contributed by atoms with Crippen LogP contribution in [0.25, 0.3) is 104 Å². The van der Waals surface area contributed by atoms with Crippen LogP contribution in [-0.4, -0.2) is 19.5 Å². The third-order valence-electron chi connectivity index (χ3n) is 10.7. The number of nitrogens with zero attached hydrogens (tertiary/aromatic N) is 4. The number of hydrogen-bond acceptors (Lipinski definition) is 4. The monoisotopic (exact) mass is 732 g/mol. The second-order valence-corrected chi connectivity index (χ2v) is 15.1. The van der Waals surface area contributed by atoms with E-state index in [0.717, 1.165) is 39.0 Å². The molecule has 11 aromatic rings. The van der Waals surface area contributed by atoms with Crippen LogP contribution in [0.5, 0.6) is 0 Å². The van der Waals surface area contributed by atoms with Gasteiger partial charge in [-0.25, -0.2) is 15.0 Å². The third kappa shape index (κ3) is 5.40. The van der Waals surface area contributed by atoms with Crippen LogP contribution >= 0.6 is 11.3 Å². The quantitative estimate of drug-likeness (QED) is 0.171. The van der Waals surface area contributed by atoms with E-state index in [0.29, 0.717) is 17.5 Å². The molecule has 0 aliphatic heterocycles. The summed E-state index contributed by atoms with van der Waals surface area (Å²) < 4.78 is 4.98. The summed E-state index contributed by atoms with van der Waals surface area (Å²) in [5.74, 6) is 1.88. The summed E-state index contributed by atoms with van der Waals surface area (Å²) in [7, 11) is 0. The fourth-order valence-corrected chi connectivity index (χ4v) is 9.25. The highest BCUT2D eigenvalue weighted by molar-refractivity contribution is 7.26. The number of para-hydroxylation sites is 1. The number of benzene rings is 8. The first-order chi connectivity index (χ1) is 27.8. The average molecular weight is 733 g/mol. The summed E-state index contributed by atoms with van der Waals surface area (Å²) in [5, 5.41) is 4.96. The van der Waals surface area contributed by atoms with Gasteiger partial charge in [0.2, 0.25) is 0 Å². The molecule has 0 amide bonds. The molecule has 0 fully saturated rings. The van der Waals surface area contributed by atoms with Crippen molar-refractivity contribution in [1.82, 2.24) is 19.5 Å². The summed E-state index contributed by atoms with van der Waals surface area (Å²) >= 11 is 1.85. The maximum absolute atomic E-state index is 5.29. The van der Waals surface area contributed by atoms with Gasteiger partial charge in [-0.05, 0) is 52.6 Å². The number of hydrogen-bond donors (Lipinski definition) is 0. The van der Waals surface area contributed by atoms with Crippen molar-refractivity contribution >= 4 is 53.3 Å². The highest BCUT2D eigenvalue weighted by Crippen LogP contribution is 2.45. The second kappa shape index (κ2) is 13.3. The molecule has 0 aliphatic rings. The summed E-state index contributed by atoms with van der Waals surface area (Å²) in [6.07, 6.45) is 0. The van der Waals surface area contributed by atoms with E-state index in [1.54, 1.807) is 0 Å². The van der Waals surface area contributed by atoms with Crippen LogP contribution in [0, 0.1) is 0 Å². The minimum atomic E-state index is 0.614. The Morgan fingerprint density at radius 1 is 0.357 bits per heavy atom. The topological polar surface area (TPSA) is 43.6 Å². The summed E-state index contributed by atoms with van der Waals surface area (Å²) in [6, 6.07) is 68.5. The first kappa shape index (κ1) is 32.2. The van der Waals surface area contributed by atoms with Crippen molar-refractivity contribution in [3.05, 3.63) is 194 Å². The van der Waals surface area contributed by atoms with Crippen molar-refractivity contribution in [3.63, 3.8) is 0 Å². The second-order valence-electron chi connectivity index (χ2n) is 14.0. The fourth-order valence-electron chi connectivity index (χ4n) is 8.01. The zero-order chi connectivity index (χ0) is 37.0. The Bertz CT molecular complexity index is 3180. The molecule has 5 heteroatoms. The Balaban J connectivity index is 1.24. The zero-order valence-corrected chi connectivity index (χ0v) is 31.0. The highest BCUT2D eigenvalue weighted by atomic mass is 32.1. The molecule has 11 rings (SSSR count). The molecule has 0 unspecified atom stereocenters. The summed E-state index contributed by atoms with van der Waals surface area (Å²) in [6.45, 7) is 0. The van der Waals surface area contributed by atoms with Crippen molar-refractivity contribution in [2.24, 2.45) is 0 Å². The van der Waals surface area contributed by atoms with Crippen LogP contribution in [0.15, 0.2) is 194 Å². The van der Waals surface area contributed by atoms with Gasteiger partial charge in [0.1, 0.15) is 0 Å². The Morgan fingerprint density at radius 3 is 1.61 bits per heavy atom. The molecule has 0 bridgehead atoms. The van der Waals surface area contributed by atoms with Crippen LogP contribution in [0.3, 0.4) is 0 Å². The highest BCUT2D eigenvalue weighted by Gasteiger charge is 2.22. The molecule has 262 valence electrons. The maximum atomic E-state index is 5.29. The van der Waals surface area contributed by atoms with E-state index in [4.69, 9.17) is 15.0 Å². The molecule has 0 aliphatic carbocycles. The predicted octanol–water partition coefficient (Wildman–Crippen LogP) is 13.7. The van der Waals surface area contributed by atoms with Crippen LogP contribution in [-0.2, 0) is 0 Å². The molecule has 3 heterocycles. The lowest BCUT2D eigenvalue weighted by molar-refractivity contribution is 1.06. The molecule has 0 N–H and O–H groups in total. The molecular weight excluding hydrogens is 701 g/mol. The predicted molar refractivity (Wildman–Crippen MR) is 234 cm³/mol. The molecule has 8 aromatic carbocycles. The largest absolute Gasteiger partial charge is 0.307 e. The maximum Gasteiger partial charge on any atom is 0.166 e. The smallest absolute Gasteiger partial charge is 0.166 e. The van der Waals surface area contributed by atoms with E-state index in [9.17, 15) is 0 Å². The molecular formula is C51H32N4S. The van der Waals surface area contributed by atoms with E-state index in [-0.39, 0.29) is 0 Å². The molecule has 0 saturated heterocycles. The Kier molecular flexibility index (Phi) is 7.64. The van der Waals surface area contributed by atoms with Crippen molar-refractivity contribution in [2.75, 3.05) is 0 Å². The minimum Gasteiger partial charge on any atom is -0.307 e. The molecule has 4 nitrogen and oxygen atoms in total. The van der Waals surface area contributed by atoms with Crippen LogP contribution in [0.1, 0.15) is 0 Å². The van der Waals surface area contributed by atoms with Crippen molar-refractivity contribution in [3.8, 4) is 62.1 Å². The minimum absolute atomic E-state index is 0.614. The van der Waals surface area contributed by atoms with Gasteiger partial charge in [-0.15, -0.1) is 11.3 Å². The molecule has 0 spiro atoms. The summed E-state index contributed by atoms with van der Waals surface area (Å²) in [5.41, 5.74) is 10.7. The van der Waals surface area contributed by atoms with Gasteiger partial charge in [0, 0.05) is 42.9 Å². The van der Waals surface area contributed by atoms with E-state index in [1.165, 1.54) is 47.6 Å². The van der Waals surface area contributed by atoms with Gasteiger partial charge in [-0.2, -0.15) is 0 Å². The zero-order valence-electron chi connectivity index (χ0n) is 30.2.